The molecular weight excluding hydrogens is 196 g/mol. The van der Waals surface area contributed by atoms with E-state index >= 15 is 0 Å². The maximum atomic E-state index is 5.96. The SMILES string of the molecule is CCC[Si](C)(OC)OCC1(C)COC1. The first-order chi connectivity index (χ1) is 6.54. The maximum absolute atomic E-state index is 5.96. The van der Waals surface area contributed by atoms with Crippen molar-refractivity contribution in [3.05, 3.63) is 0 Å². The molecule has 84 valence electrons. The number of hydrogen-bond donors (Lipinski definition) is 0. The molecule has 0 aliphatic carbocycles. The smallest absolute Gasteiger partial charge is 0.334 e. The molecule has 1 heterocycles. The molecule has 4 heteroatoms. The molecule has 1 atom stereocenters. The normalized spacial score (nSPS) is 24.0. The third kappa shape index (κ3) is 3.05. The van der Waals surface area contributed by atoms with Crippen LogP contribution in [0.4, 0.5) is 0 Å². The van der Waals surface area contributed by atoms with E-state index in [0.717, 1.165) is 32.3 Å². The molecule has 1 unspecified atom stereocenters. The Hall–Kier alpha value is 0.0969. The van der Waals surface area contributed by atoms with Crippen LogP contribution in [-0.2, 0) is 13.6 Å². The van der Waals surface area contributed by atoms with Crippen molar-refractivity contribution in [2.45, 2.75) is 32.9 Å². The molecule has 14 heavy (non-hydrogen) atoms. The van der Waals surface area contributed by atoms with Crippen molar-refractivity contribution >= 4 is 8.56 Å². The zero-order chi connectivity index (χ0) is 10.7. The molecule has 3 nitrogen and oxygen atoms in total. The number of ether oxygens (including phenoxy) is 1. The van der Waals surface area contributed by atoms with E-state index in [2.05, 4.69) is 20.4 Å². The van der Waals surface area contributed by atoms with E-state index in [1.54, 1.807) is 7.11 Å². The van der Waals surface area contributed by atoms with Crippen LogP contribution in [0.25, 0.3) is 0 Å². The summed E-state index contributed by atoms with van der Waals surface area (Å²) in [6.45, 7) is 8.94. The lowest BCUT2D eigenvalue weighted by Gasteiger charge is -2.40. The first-order valence-electron chi connectivity index (χ1n) is 5.30. The molecule has 1 aliphatic rings. The van der Waals surface area contributed by atoms with Gasteiger partial charge in [-0.3, -0.25) is 0 Å². The largest absolute Gasteiger partial charge is 0.398 e. The molecule has 0 spiro atoms. The molecule has 1 fully saturated rings. The Kier molecular flexibility index (Phi) is 4.12. The second kappa shape index (κ2) is 4.75. The fourth-order valence-corrected chi connectivity index (χ4v) is 3.58. The Morgan fingerprint density at radius 1 is 1.43 bits per heavy atom. The average molecular weight is 218 g/mol. The van der Waals surface area contributed by atoms with E-state index in [1.807, 2.05) is 0 Å². The van der Waals surface area contributed by atoms with Crippen LogP contribution in [0.3, 0.4) is 0 Å². The van der Waals surface area contributed by atoms with Crippen LogP contribution in [0.5, 0.6) is 0 Å². The highest BCUT2D eigenvalue weighted by Crippen LogP contribution is 2.28. The van der Waals surface area contributed by atoms with Crippen molar-refractivity contribution in [3.63, 3.8) is 0 Å². The Morgan fingerprint density at radius 3 is 2.43 bits per heavy atom. The summed E-state index contributed by atoms with van der Waals surface area (Å²) in [4.78, 5) is 0. The van der Waals surface area contributed by atoms with Gasteiger partial charge in [0.1, 0.15) is 0 Å². The third-order valence-electron chi connectivity index (χ3n) is 2.76. The van der Waals surface area contributed by atoms with Crippen molar-refractivity contribution in [1.29, 1.82) is 0 Å². The minimum atomic E-state index is -1.87. The first kappa shape index (κ1) is 12.2. The van der Waals surface area contributed by atoms with Gasteiger partial charge in [0.2, 0.25) is 0 Å². The zero-order valence-corrected chi connectivity index (χ0v) is 10.8. The van der Waals surface area contributed by atoms with Gasteiger partial charge in [-0.05, 0) is 12.6 Å². The highest BCUT2D eigenvalue weighted by Gasteiger charge is 2.38. The van der Waals surface area contributed by atoms with Gasteiger partial charge >= 0.3 is 8.56 Å². The fourth-order valence-electron chi connectivity index (χ4n) is 1.55. The Labute approximate surface area is 88.0 Å². The number of hydrogen-bond acceptors (Lipinski definition) is 3. The standard InChI is InChI=1S/C10H22O3Si/c1-5-6-14(4,11-3)13-9-10(2)7-12-8-10/h5-9H2,1-4H3. The Bertz CT molecular complexity index is 182. The van der Waals surface area contributed by atoms with Crippen LogP contribution in [0.2, 0.25) is 12.6 Å². The van der Waals surface area contributed by atoms with Gasteiger partial charge in [0.25, 0.3) is 0 Å². The van der Waals surface area contributed by atoms with E-state index in [0.29, 0.717) is 0 Å². The summed E-state index contributed by atoms with van der Waals surface area (Å²) in [6, 6.07) is 1.07. The van der Waals surface area contributed by atoms with E-state index in [1.165, 1.54) is 0 Å². The lowest BCUT2D eigenvalue weighted by atomic mass is 9.90. The van der Waals surface area contributed by atoms with Crippen LogP contribution in [0, 0.1) is 5.41 Å². The van der Waals surface area contributed by atoms with Crippen LogP contribution >= 0.6 is 0 Å². The maximum Gasteiger partial charge on any atom is 0.334 e. The van der Waals surface area contributed by atoms with Gasteiger partial charge in [0.05, 0.1) is 13.2 Å². The van der Waals surface area contributed by atoms with Gasteiger partial charge in [-0.2, -0.15) is 0 Å². The Morgan fingerprint density at radius 2 is 2.07 bits per heavy atom. The van der Waals surface area contributed by atoms with Crippen molar-refractivity contribution in [1.82, 2.24) is 0 Å². The van der Waals surface area contributed by atoms with Crippen molar-refractivity contribution < 1.29 is 13.6 Å². The van der Waals surface area contributed by atoms with E-state index in [-0.39, 0.29) is 5.41 Å². The molecular formula is C10H22O3Si. The van der Waals surface area contributed by atoms with Gasteiger partial charge in [-0.15, -0.1) is 0 Å². The van der Waals surface area contributed by atoms with Gasteiger partial charge in [0, 0.05) is 19.1 Å². The molecule has 0 N–H and O–H groups in total. The van der Waals surface area contributed by atoms with Gasteiger partial charge in [-0.1, -0.05) is 20.3 Å². The highest BCUT2D eigenvalue weighted by atomic mass is 28.4. The summed E-state index contributed by atoms with van der Waals surface area (Å²) < 4.78 is 16.7. The third-order valence-corrected chi connectivity index (χ3v) is 5.79. The molecule has 0 aromatic heterocycles. The second-order valence-corrected chi connectivity index (χ2v) is 8.14. The average Bonchev–Trinajstić information content (AvgIpc) is 2.12. The van der Waals surface area contributed by atoms with Gasteiger partial charge in [-0.25, -0.2) is 0 Å². The summed E-state index contributed by atoms with van der Waals surface area (Å²) in [6.07, 6.45) is 1.13. The number of rotatable bonds is 6. The molecule has 1 rings (SSSR count). The van der Waals surface area contributed by atoms with Crippen LogP contribution in [0.1, 0.15) is 20.3 Å². The summed E-state index contributed by atoms with van der Waals surface area (Å²) in [5, 5.41) is 0. The fraction of sp³-hybridized carbons (Fsp3) is 1.00. The highest BCUT2D eigenvalue weighted by molar-refractivity contribution is 6.65. The van der Waals surface area contributed by atoms with E-state index < -0.39 is 8.56 Å². The summed E-state index contributed by atoms with van der Waals surface area (Å²) in [7, 11) is -0.106. The molecule has 0 aromatic carbocycles. The van der Waals surface area contributed by atoms with Crippen molar-refractivity contribution in [3.8, 4) is 0 Å². The minimum Gasteiger partial charge on any atom is -0.398 e. The second-order valence-electron chi connectivity index (χ2n) is 4.68. The summed E-state index contributed by atoms with van der Waals surface area (Å²) >= 11 is 0. The lowest BCUT2D eigenvalue weighted by Crippen LogP contribution is -2.48. The predicted molar refractivity (Wildman–Crippen MR) is 58.6 cm³/mol. The molecule has 0 bridgehead atoms. The molecule has 0 aromatic rings. The first-order valence-corrected chi connectivity index (χ1v) is 7.83. The van der Waals surface area contributed by atoms with E-state index in [4.69, 9.17) is 13.6 Å². The lowest BCUT2D eigenvalue weighted by molar-refractivity contribution is -0.124. The quantitative estimate of drug-likeness (QED) is 0.640. The summed E-state index contributed by atoms with van der Waals surface area (Å²) in [5.74, 6) is 0. The zero-order valence-electron chi connectivity index (χ0n) is 9.76. The molecule has 0 radical (unpaired) electrons. The van der Waals surface area contributed by atoms with Gasteiger partial charge in [0.15, 0.2) is 0 Å². The molecule has 0 amide bonds. The predicted octanol–water partition coefficient (Wildman–Crippen LogP) is 2.17. The topological polar surface area (TPSA) is 27.7 Å². The summed E-state index contributed by atoms with van der Waals surface area (Å²) in [5.41, 5.74) is 0.237. The minimum absolute atomic E-state index is 0.237. The molecule has 0 saturated carbocycles. The van der Waals surface area contributed by atoms with Crippen LogP contribution in [0.15, 0.2) is 0 Å². The van der Waals surface area contributed by atoms with Crippen LogP contribution in [-0.4, -0.2) is 35.5 Å². The van der Waals surface area contributed by atoms with Crippen LogP contribution < -0.4 is 0 Å². The van der Waals surface area contributed by atoms with E-state index in [9.17, 15) is 0 Å². The molecule has 1 saturated heterocycles. The van der Waals surface area contributed by atoms with Crippen molar-refractivity contribution in [2.24, 2.45) is 5.41 Å². The Balaban J connectivity index is 2.32. The van der Waals surface area contributed by atoms with Gasteiger partial charge < -0.3 is 13.6 Å². The monoisotopic (exact) mass is 218 g/mol. The molecule has 1 aliphatic heterocycles. The van der Waals surface area contributed by atoms with Crippen molar-refractivity contribution in [2.75, 3.05) is 26.9 Å².